The molecule has 3 heterocycles. The van der Waals surface area contributed by atoms with E-state index in [1.807, 2.05) is 0 Å². The number of nitrogens with one attached hydrogen (secondary N) is 2. The smallest absolute Gasteiger partial charge is 0.374 e. The predicted molar refractivity (Wildman–Crippen MR) is 83.0 cm³/mol. The molecule has 3 rings (SSSR count). The maximum absolute atomic E-state index is 12.5. The molecule has 0 saturated carbocycles. The van der Waals surface area contributed by atoms with Gasteiger partial charge in [-0.05, 0) is 17.7 Å². The lowest BCUT2D eigenvalue weighted by Gasteiger charge is -2.13. The first-order valence-corrected chi connectivity index (χ1v) is 7.37. The summed E-state index contributed by atoms with van der Waals surface area (Å²) in [5.74, 6) is 0.183. The van der Waals surface area contributed by atoms with Gasteiger partial charge in [-0.15, -0.1) is 0 Å². The Balaban J connectivity index is 1.67. The van der Waals surface area contributed by atoms with Crippen LogP contribution in [0.4, 0.5) is 13.2 Å². The number of pyridine rings is 1. The number of hydrogen-bond donors (Lipinski definition) is 3. The molecule has 0 saturated heterocycles. The monoisotopic (exact) mass is 366 g/mol. The summed E-state index contributed by atoms with van der Waals surface area (Å²) in [6.07, 6.45) is -0.530. The van der Waals surface area contributed by atoms with Crippen LogP contribution in [0.2, 0.25) is 0 Å². The van der Waals surface area contributed by atoms with Crippen LogP contribution in [0.3, 0.4) is 0 Å². The Morgan fingerprint density at radius 2 is 2.08 bits per heavy atom. The lowest BCUT2D eigenvalue weighted by atomic mass is 10.2. The van der Waals surface area contributed by atoms with Crippen molar-refractivity contribution in [3.63, 3.8) is 0 Å². The highest BCUT2D eigenvalue weighted by Gasteiger charge is 2.32. The minimum Gasteiger partial charge on any atom is -0.374 e. The third-order valence-corrected chi connectivity index (χ3v) is 3.44. The number of aliphatic hydroxyl groups excluding tert-OH is 1. The number of aliphatic hydroxyl groups is 1. The van der Waals surface area contributed by atoms with Gasteiger partial charge in [-0.1, -0.05) is 6.07 Å². The van der Waals surface area contributed by atoms with Crippen LogP contribution < -0.4 is 10.9 Å². The van der Waals surface area contributed by atoms with Crippen molar-refractivity contribution in [2.75, 3.05) is 0 Å². The van der Waals surface area contributed by atoms with Gasteiger partial charge in [0.2, 0.25) is 5.95 Å². The van der Waals surface area contributed by atoms with E-state index < -0.39 is 23.7 Å². The standard InChI is InChI=1S/C15H13F3N6O2/c16-15(17,18)11-3-2-9(6-19-11)7-20-12(25)10-8-21-14(23-13(10)26)24-5-1-4-22-24/h1-6,8,12,20,25H,7H2,(H,21,23,26). The van der Waals surface area contributed by atoms with E-state index in [0.717, 1.165) is 12.3 Å². The summed E-state index contributed by atoms with van der Waals surface area (Å²) in [6, 6.07) is 3.73. The fourth-order valence-electron chi connectivity index (χ4n) is 2.12. The lowest BCUT2D eigenvalue weighted by Crippen LogP contribution is -2.28. The maximum atomic E-state index is 12.5. The van der Waals surface area contributed by atoms with Gasteiger partial charge in [-0.25, -0.2) is 9.67 Å². The predicted octanol–water partition coefficient (Wildman–Crippen LogP) is 1.15. The van der Waals surface area contributed by atoms with Crippen LogP contribution in [0, 0.1) is 0 Å². The topological polar surface area (TPSA) is 109 Å². The number of nitrogens with zero attached hydrogens (tertiary/aromatic N) is 4. The van der Waals surface area contributed by atoms with Gasteiger partial charge in [0.15, 0.2) is 0 Å². The quantitative estimate of drug-likeness (QED) is 0.585. The van der Waals surface area contributed by atoms with E-state index >= 15 is 0 Å². The number of halogens is 3. The molecule has 0 aliphatic heterocycles. The summed E-state index contributed by atoms with van der Waals surface area (Å²) in [4.78, 5) is 21.9. The number of hydrogen-bond acceptors (Lipinski definition) is 6. The Hall–Kier alpha value is -3.05. The lowest BCUT2D eigenvalue weighted by molar-refractivity contribution is -0.141. The highest BCUT2D eigenvalue weighted by Crippen LogP contribution is 2.27. The third-order valence-electron chi connectivity index (χ3n) is 3.44. The van der Waals surface area contributed by atoms with E-state index in [1.165, 1.54) is 23.1 Å². The zero-order chi connectivity index (χ0) is 18.7. The van der Waals surface area contributed by atoms with E-state index in [0.29, 0.717) is 5.56 Å². The molecule has 0 amide bonds. The molecule has 0 aromatic carbocycles. The van der Waals surface area contributed by atoms with E-state index in [4.69, 9.17) is 0 Å². The molecule has 1 unspecified atom stereocenters. The second-order valence-electron chi connectivity index (χ2n) is 5.27. The van der Waals surface area contributed by atoms with Crippen LogP contribution in [0.1, 0.15) is 23.0 Å². The number of rotatable bonds is 5. The van der Waals surface area contributed by atoms with Crippen molar-refractivity contribution in [1.82, 2.24) is 30.0 Å². The van der Waals surface area contributed by atoms with Crippen LogP contribution in [-0.4, -0.2) is 29.8 Å². The first-order valence-electron chi connectivity index (χ1n) is 7.37. The first-order chi connectivity index (χ1) is 12.3. The fourth-order valence-corrected chi connectivity index (χ4v) is 2.12. The number of aromatic nitrogens is 5. The SMILES string of the molecule is O=c1[nH]c(-n2cccn2)ncc1C(O)NCc1ccc(C(F)(F)F)nc1. The molecule has 3 aromatic rings. The highest BCUT2D eigenvalue weighted by atomic mass is 19.4. The Labute approximate surface area is 144 Å². The summed E-state index contributed by atoms with van der Waals surface area (Å²) >= 11 is 0. The zero-order valence-electron chi connectivity index (χ0n) is 13.1. The normalized spacial score (nSPS) is 12.9. The molecule has 0 aliphatic rings. The van der Waals surface area contributed by atoms with Gasteiger partial charge >= 0.3 is 6.18 Å². The van der Waals surface area contributed by atoms with Crippen LogP contribution in [0.15, 0.2) is 47.8 Å². The number of alkyl halides is 3. The Morgan fingerprint density at radius 1 is 1.27 bits per heavy atom. The number of H-pyrrole nitrogens is 1. The molecule has 1 atom stereocenters. The Bertz CT molecular complexity index is 922. The molecule has 3 aromatic heterocycles. The molecule has 0 fully saturated rings. The highest BCUT2D eigenvalue weighted by molar-refractivity contribution is 5.18. The fraction of sp³-hybridized carbons (Fsp3) is 0.200. The van der Waals surface area contributed by atoms with Crippen molar-refractivity contribution >= 4 is 0 Å². The maximum Gasteiger partial charge on any atom is 0.433 e. The van der Waals surface area contributed by atoms with E-state index in [9.17, 15) is 23.1 Å². The summed E-state index contributed by atoms with van der Waals surface area (Å²) in [7, 11) is 0. The van der Waals surface area contributed by atoms with Gasteiger partial charge in [-0.2, -0.15) is 18.3 Å². The van der Waals surface area contributed by atoms with Crippen LogP contribution in [0.25, 0.3) is 5.95 Å². The minimum atomic E-state index is -4.51. The second-order valence-corrected chi connectivity index (χ2v) is 5.27. The largest absolute Gasteiger partial charge is 0.433 e. The van der Waals surface area contributed by atoms with Crippen LogP contribution in [0.5, 0.6) is 0 Å². The molecule has 0 spiro atoms. The molecular formula is C15H13F3N6O2. The van der Waals surface area contributed by atoms with E-state index in [2.05, 4.69) is 25.4 Å². The van der Waals surface area contributed by atoms with Crippen molar-refractivity contribution in [1.29, 1.82) is 0 Å². The van der Waals surface area contributed by atoms with Crippen molar-refractivity contribution < 1.29 is 18.3 Å². The summed E-state index contributed by atoms with van der Waals surface area (Å²) < 4.78 is 38.7. The van der Waals surface area contributed by atoms with Gasteiger partial charge in [-0.3, -0.25) is 20.1 Å². The molecule has 0 aliphatic carbocycles. The van der Waals surface area contributed by atoms with Crippen LogP contribution >= 0.6 is 0 Å². The summed E-state index contributed by atoms with van der Waals surface area (Å²) in [6.45, 7) is 0.00660. The molecule has 136 valence electrons. The van der Waals surface area contributed by atoms with Crippen molar-refractivity contribution in [3.8, 4) is 5.95 Å². The van der Waals surface area contributed by atoms with Gasteiger partial charge in [0, 0.05) is 31.3 Å². The zero-order valence-corrected chi connectivity index (χ0v) is 13.1. The molecular weight excluding hydrogens is 353 g/mol. The van der Waals surface area contributed by atoms with Crippen molar-refractivity contribution in [3.05, 3.63) is 70.2 Å². The average Bonchev–Trinajstić information content (AvgIpc) is 3.14. The molecule has 0 bridgehead atoms. The first kappa shape index (κ1) is 17.8. The second kappa shape index (κ2) is 7.06. The number of aromatic amines is 1. The minimum absolute atomic E-state index is 0.00660. The molecule has 0 radical (unpaired) electrons. The van der Waals surface area contributed by atoms with Gasteiger partial charge in [0.05, 0.1) is 5.56 Å². The molecule has 3 N–H and O–H groups in total. The third kappa shape index (κ3) is 3.95. The molecule has 26 heavy (non-hydrogen) atoms. The molecule has 8 nitrogen and oxygen atoms in total. The molecule has 11 heteroatoms. The van der Waals surface area contributed by atoms with Crippen molar-refractivity contribution in [2.45, 2.75) is 18.9 Å². The Morgan fingerprint density at radius 3 is 2.65 bits per heavy atom. The van der Waals surface area contributed by atoms with E-state index in [-0.39, 0.29) is 18.1 Å². The van der Waals surface area contributed by atoms with Crippen LogP contribution in [-0.2, 0) is 12.7 Å². The van der Waals surface area contributed by atoms with Crippen molar-refractivity contribution in [2.24, 2.45) is 0 Å². The summed E-state index contributed by atoms with van der Waals surface area (Å²) in [5, 5.41) is 16.6. The summed E-state index contributed by atoms with van der Waals surface area (Å²) in [5.41, 5.74) is -1.21. The Kier molecular flexibility index (Phi) is 4.82. The van der Waals surface area contributed by atoms with Gasteiger partial charge in [0.25, 0.3) is 5.56 Å². The average molecular weight is 366 g/mol. The van der Waals surface area contributed by atoms with Gasteiger partial charge in [0.1, 0.15) is 11.9 Å². The van der Waals surface area contributed by atoms with E-state index in [1.54, 1.807) is 12.3 Å². The van der Waals surface area contributed by atoms with Gasteiger partial charge < -0.3 is 5.11 Å².